The van der Waals surface area contributed by atoms with Gasteiger partial charge in [-0.25, -0.2) is 0 Å². The summed E-state index contributed by atoms with van der Waals surface area (Å²) in [6, 6.07) is 10.1. The van der Waals surface area contributed by atoms with Gasteiger partial charge >= 0.3 is 0 Å². The van der Waals surface area contributed by atoms with Crippen LogP contribution in [0.2, 0.25) is 0 Å². The van der Waals surface area contributed by atoms with Gasteiger partial charge < -0.3 is 4.90 Å². The summed E-state index contributed by atoms with van der Waals surface area (Å²) in [6.07, 6.45) is 0.842. The third kappa shape index (κ3) is 3.01. The van der Waals surface area contributed by atoms with Gasteiger partial charge in [-0.05, 0) is 47.7 Å². The molecule has 2 unspecified atom stereocenters. The number of carbonyl (C=O) groups is 1. The van der Waals surface area contributed by atoms with Crippen molar-refractivity contribution in [3.05, 3.63) is 57.8 Å². The first-order chi connectivity index (χ1) is 10.1. The predicted octanol–water partition coefficient (Wildman–Crippen LogP) is 2.95. The molecule has 4 heteroatoms. The van der Waals surface area contributed by atoms with Crippen LogP contribution in [0.25, 0.3) is 0 Å². The Morgan fingerprint density at radius 1 is 1.24 bits per heavy atom. The SMILES string of the molecule is Cc1cscc1CN1C(=O)C(Cc2ccccc2)NC1C. The van der Waals surface area contributed by atoms with Gasteiger partial charge in [0, 0.05) is 6.54 Å². The number of nitrogens with zero attached hydrogens (tertiary/aromatic N) is 1. The average Bonchev–Trinajstić information content (AvgIpc) is 2.99. The van der Waals surface area contributed by atoms with Crippen LogP contribution in [0.3, 0.4) is 0 Å². The summed E-state index contributed by atoms with van der Waals surface area (Å²) in [6.45, 7) is 4.87. The van der Waals surface area contributed by atoms with E-state index in [0.717, 1.165) is 6.42 Å². The molecule has 1 aromatic carbocycles. The number of amides is 1. The lowest BCUT2D eigenvalue weighted by molar-refractivity contribution is -0.130. The molecule has 0 radical (unpaired) electrons. The quantitative estimate of drug-likeness (QED) is 0.941. The van der Waals surface area contributed by atoms with E-state index in [1.807, 2.05) is 23.1 Å². The first-order valence-electron chi connectivity index (χ1n) is 7.27. The second-order valence-corrected chi connectivity index (χ2v) is 6.37. The number of aryl methyl sites for hydroxylation is 1. The standard InChI is InChI=1S/C17H20N2OS/c1-12-10-21-11-15(12)9-19-13(2)18-16(17(19)20)8-14-6-4-3-5-7-14/h3-7,10-11,13,16,18H,8-9H2,1-2H3. The maximum absolute atomic E-state index is 12.6. The van der Waals surface area contributed by atoms with E-state index in [9.17, 15) is 4.79 Å². The summed E-state index contributed by atoms with van der Waals surface area (Å²) in [7, 11) is 0. The predicted molar refractivity (Wildman–Crippen MR) is 86.1 cm³/mol. The Bertz CT molecular complexity index is 623. The summed E-state index contributed by atoms with van der Waals surface area (Å²) in [5, 5.41) is 7.69. The molecule has 2 aromatic rings. The topological polar surface area (TPSA) is 32.3 Å². The number of thiophene rings is 1. The molecular formula is C17H20N2OS. The minimum Gasteiger partial charge on any atom is -0.322 e. The van der Waals surface area contributed by atoms with E-state index in [-0.39, 0.29) is 18.1 Å². The van der Waals surface area contributed by atoms with Crippen LogP contribution in [0.1, 0.15) is 23.6 Å². The lowest BCUT2D eigenvalue weighted by Crippen LogP contribution is -2.34. The minimum atomic E-state index is -0.110. The third-order valence-corrected chi connectivity index (χ3v) is 4.99. The summed E-state index contributed by atoms with van der Waals surface area (Å²) < 4.78 is 0. The second-order valence-electron chi connectivity index (χ2n) is 5.63. The van der Waals surface area contributed by atoms with Crippen molar-refractivity contribution in [2.24, 2.45) is 0 Å². The first-order valence-corrected chi connectivity index (χ1v) is 8.21. The molecule has 1 amide bonds. The van der Waals surface area contributed by atoms with E-state index in [1.54, 1.807) is 11.3 Å². The van der Waals surface area contributed by atoms with Crippen molar-refractivity contribution >= 4 is 17.2 Å². The highest BCUT2D eigenvalue weighted by Crippen LogP contribution is 2.21. The monoisotopic (exact) mass is 300 g/mol. The average molecular weight is 300 g/mol. The van der Waals surface area contributed by atoms with Crippen LogP contribution in [0.15, 0.2) is 41.1 Å². The Morgan fingerprint density at radius 2 is 2.00 bits per heavy atom. The molecule has 1 saturated heterocycles. The molecular weight excluding hydrogens is 280 g/mol. The van der Waals surface area contributed by atoms with Crippen LogP contribution in [0.4, 0.5) is 0 Å². The van der Waals surface area contributed by atoms with Crippen LogP contribution >= 0.6 is 11.3 Å². The highest BCUT2D eigenvalue weighted by atomic mass is 32.1. The molecule has 0 bridgehead atoms. The maximum Gasteiger partial charge on any atom is 0.241 e. The molecule has 110 valence electrons. The first kappa shape index (κ1) is 14.3. The van der Waals surface area contributed by atoms with E-state index in [2.05, 4.69) is 42.1 Å². The number of hydrogen-bond donors (Lipinski definition) is 1. The second kappa shape index (κ2) is 6.00. The van der Waals surface area contributed by atoms with E-state index in [0.29, 0.717) is 6.54 Å². The zero-order chi connectivity index (χ0) is 14.8. The zero-order valence-electron chi connectivity index (χ0n) is 12.4. The van der Waals surface area contributed by atoms with Gasteiger partial charge in [0.25, 0.3) is 0 Å². The highest BCUT2D eigenvalue weighted by Gasteiger charge is 2.36. The van der Waals surface area contributed by atoms with E-state index >= 15 is 0 Å². The number of hydrogen-bond acceptors (Lipinski definition) is 3. The fourth-order valence-electron chi connectivity index (χ4n) is 2.79. The van der Waals surface area contributed by atoms with Gasteiger partial charge in [-0.1, -0.05) is 30.3 Å². The summed E-state index contributed by atoms with van der Waals surface area (Å²) in [5.74, 6) is 0.206. The summed E-state index contributed by atoms with van der Waals surface area (Å²) >= 11 is 1.70. The molecule has 0 spiro atoms. The molecule has 2 heterocycles. The molecule has 0 aliphatic carbocycles. The normalized spacial score (nSPS) is 22.0. The fraction of sp³-hybridized carbons (Fsp3) is 0.353. The van der Waals surface area contributed by atoms with Crippen LogP contribution in [0.5, 0.6) is 0 Å². The summed E-state index contributed by atoms with van der Waals surface area (Å²) in [5.41, 5.74) is 3.72. The molecule has 0 saturated carbocycles. The molecule has 1 aromatic heterocycles. The fourth-order valence-corrected chi connectivity index (χ4v) is 3.63. The van der Waals surface area contributed by atoms with Crippen molar-refractivity contribution in [3.63, 3.8) is 0 Å². The largest absolute Gasteiger partial charge is 0.322 e. The lowest BCUT2D eigenvalue weighted by atomic mass is 10.1. The van der Waals surface area contributed by atoms with Gasteiger partial charge in [-0.3, -0.25) is 10.1 Å². The van der Waals surface area contributed by atoms with E-state index in [1.165, 1.54) is 16.7 Å². The van der Waals surface area contributed by atoms with E-state index < -0.39 is 0 Å². The van der Waals surface area contributed by atoms with Gasteiger partial charge in [0.15, 0.2) is 0 Å². The molecule has 1 aliphatic rings. The molecule has 3 rings (SSSR count). The van der Waals surface area contributed by atoms with E-state index in [4.69, 9.17) is 0 Å². The molecule has 2 atom stereocenters. The van der Waals surface area contributed by atoms with Gasteiger partial charge in [-0.15, -0.1) is 0 Å². The minimum absolute atomic E-state index is 0.0884. The van der Waals surface area contributed by atoms with Crippen molar-refractivity contribution < 1.29 is 4.79 Å². The third-order valence-electron chi connectivity index (χ3n) is 4.08. The van der Waals surface area contributed by atoms with Crippen molar-refractivity contribution in [1.29, 1.82) is 0 Å². The Hall–Kier alpha value is -1.65. The summed E-state index contributed by atoms with van der Waals surface area (Å²) in [4.78, 5) is 14.6. The number of carbonyl (C=O) groups excluding carboxylic acids is 1. The molecule has 21 heavy (non-hydrogen) atoms. The van der Waals surface area contributed by atoms with Gasteiger partial charge in [-0.2, -0.15) is 11.3 Å². The van der Waals surface area contributed by atoms with Gasteiger partial charge in [0.1, 0.15) is 0 Å². The number of nitrogens with one attached hydrogen (secondary N) is 1. The van der Waals surface area contributed by atoms with Gasteiger partial charge in [0.05, 0.1) is 12.2 Å². The van der Waals surface area contributed by atoms with Gasteiger partial charge in [0.2, 0.25) is 5.91 Å². The molecule has 1 aliphatic heterocycles. The Labute approximate surface area is 129 Å². The maximum atomic E-state index is 12.6. The zero-order valence-corrected chi connectivity index (χ0v) is 13.2. The number of benzene rings is 1. The van der Waals surface area contributed by atoms with Crippen molar-refractivity contribution in [2.75, 3.05) is 0 Å². The van der Waals surface area contributed by atoms with Crippen molar-refractivity contribution in [1.82, 2.24) is 10.2 Å². The molecule has 1 fully saturated rings. The van der Waals surface area contributed by atoms with Crippen LogP contribution < -0.4 is 5.32 Å². The smallest absolute Gasteiger partial charge is 0.241 e. The Balaban J connectivity index is 1.70. The van der Waals surface area contributed by atoms with Crippen LogP contribution in [0, 0.1) is 6.92 Å². The molecule has 3 nitrogen and oxygen atoms in total. The number of rotatable bonds is 4. The highest BCUT2D eigenvalue weighted by molar-refractivity contribution is 7.08. The molecule has 1 N–H and O–H groups in total. The lowest BCUT2D eigenvalue weighted by Gasteiger charge is -2.20. The Kier molecular flexibility index (Phi) is 4.08. The van der Waals surface area contributed by atoms with Crippen molar-refractivity contribution in [2.45, 2.75) is 39.0 Å². The van der Waals surface area contributed by atoms with Crippen LogP contribution in [-0.2, 0) is 17.8 Å². The Morgan fingerprint density at radius 3 is 2.67 bits per heavy atom. The van der Waals surface area contributed by atoms with Crippen molar-refractivity contribution in [3.8, 4) is 0 Å². The van der Waals surface area contributed by atoms with Crippen LogP contribution in [-0.4, -0.2) is 23.0 Å².